The first-order chi connectivity index (χ1) is 16.6. The minimum atomic E-state index is -1.30. The van der Waals surface area contributed by atoms with Gasteiger partial charge in [0.1, 0.15) is 5.75 Å². The van der Waals surface area contributed by atoms with Gasteiger partial charge in [-0.15, -0.1) is 0 Å². The van der Waals surface area contributed by atoms with Crippen LogP contribution in [0.5, 0.6) is 5.75 Å². The molecule has 0 saturated heterocycles. The van der Waals surface area contributed by atoms with Crippen LogP contribution < -0.4 is 4.74 Å². The Hall–Kier alpha value is -2.56. The fourth-order valence-corrected chi connectivity index (χ4v) is 5.51. The Morgan fingerprint density at radius 2 is 1.56 bits per heavy atom. The highest BCUT2D eigenvalue weighted by Gasteiger charge is 2.61. The molecule has 0 N–H and O–H groups in total. The molecule has 2 atom stereocenters. The van der Waals surface area contributed by atoms with Crippen LogP contribution in [0.15, 0.2) is 42.0 Å². The Balaban J connectivity index is 2.10. The zero-order valence-electron chi connectivity index (χ0n) is 21.0. The Morgan fingerprint density at radius 1 is 0.941 bits per heavy atom. The van der Waals surface area contributed by atoms with E-state index in [0.717, 1.165) is 42.6 Å². The van der Waals surface area contributed by atoms with Gasteiger partial charge >= 0.3 is 11.9 Å². The number of ether oxygens (including phenoxy) is 3. The maximum atomic E-state index is 13.5. The van der Waals surface area contributed by atoms with Crippen LogP contribution in [-0.2, 0) is 19.1 Å². The van der Waals surface area contributed by atoms with Crippen LogP contribution >= 0.6 is 0 Å². The molecule has 1 aromatic rings. The third kappa shape index (κ3) is 5.92. The van der Waals surface area contributed by atoms with Crippen molar-refractivity contribution in [1.29, 1.82) is 0 Å². The molecule has 5 heteroatoms. The Morgan fingerprint density at radius 3 is 2.18 bits per heavy atom. The molecule has 1 aromatic carbocycles. The van der Waals surface area contributed by atoms with Crippen molar-refractivity contribution < 1.29 is 23.8 Å². The van der Waals surface area contributed by atoms with Crippen molar-refractivity contribution in [3.8, 4) is 5.75 Å². The fraction of sp³-hybridized carbons (Fsp3) is 0.586. The van der Waals surface area contributed by atoms with Gasteiger partial charge in [0.15, 0.2) is 5.41 Å². The summed E-state index contributed by atoms with van der Waals surface area (Å²) < 4.78 is 16.4. The summed E-state index contributed by atoms with van der Waals surface area (Å²) in [7, 11) is 1.65. The maximum Gasteiger partial charge on any atom is 0.324 e. The summed E-state index contributed by atoms with van der Waals surface area (Å²) in [5.41, 5.74) is 0.811. The minimum absolute atomic E-state index is 0.00431. The quantitative estimate of drug-likeness (QED) is 0.270. The van der Waals surface area contributed by atoms with Crippen molar-refractivity contribution in [2.24, 2.45) is 17.3 Å². The van der Waals surface area contributed by atoms with Crippen LogP contribution in [0.2, 0.25) is 0 Å². The minimum Gasteiger partial charge on any atom is -0.497 e. The van der Waals surface area contributed by atoms with E-state index >= 15 is 0 Å². The Bertz CT molecular complexity index is 849. The van der Waals surface area contributed by atoms with E-state index in [1.165, 1.54) is 25.7 Å². The highest BCUT2D eigenvalue weighted by molar-refractivity contribution is 6.02. The first-order valence-corrected chi connectivity index (χ1v) is 12.9. The lowest BCUT2D eigenvalue weighted by molar-refractivity contribution is -0.175. The number of methoxy groups -OCH3 is 1. The number of fused-ring (bicyclic) bond motifs is 1. The summed E-state index contributed by atoms with van der Waals surface area (Å²) in [6.07, 6.45) is 15.7. The van der Waals surface area contributed by atoms with Crippen LogP contribution in [0.25, 0.3) is 6.08 Å². The van der Waals surface area contributed by atoms with Gasteiger partial charge in [0.05, 0.1) is 20.3 Å². The number of esters is 2. The van der Waals surface area contributed by atoms with E-state index in [-0.39, 0.29) is 25.0 Å². The SMILES string of the molecule is CCOC(=O)C1(C(=O)OCC)C/C(=C/c2ccc(OC)cc2)[C@H]2/C=C/CCCCCCCC[C@@H]21. The number of hydrogen-bond acceptors (Lipinski definition) is 5. The van der Waals surface area contributed by atoms with E-state index in [1.54, 1.807) is 21.0 Å². The average Bonchev–Trinajstić information content (AvgIpc) is 3.13. The Labute approximate surface area is 204 Å². The van der Waals surface area contributed by atoms with E-state index in [4.69, 9.17) is 14.2 Å². The number of carbonyl (C=O) groups excluding carboxylic acids is 2. The van der Waals surface area contributed by atoms with E-state index in [1.807, 2.05) is 24.3 Å². The van der Waals surface area contributed by atoms with Gasteiger partial charge in [-0.05, 0) is 63.1 Å². The molecule has 1 saturated carbocycles. The smallest absolute Gasteiger partial charge is 0.324 e. The van der Waals surface area contributed by atoms with Crippen molar-refractivity contribution in [3.05, 3.63) is 47.6 Å². The van der Waals surface area contributed by atoms with Crippen molar-refractivity contribution >= 4 is 18.0 Å². The molecule has 186 valence electrons. The van der Waals surface area contributed by atoms with Crippen LogP contribution in [0.1, 0.15) is 77.2 Å². The summed E-state index contributed by atoms with van der Waals surface area (Å²) in [6.45, 7) is 4.06. The molecule has 0 radical (unpaired) electrons. The van der Waals surface area contributed by atoms with Crippen molar-refractivity contribution in [2.45, 2.75) is 71.6 Å². The molecule has 3 rings (SSSR count). The summed E-state index contributed by atoms with van der Waals surface area (Å²) in [6, 6.07) is 7.88. The molecule has 5 nitrogen and oxygen atoms in total. The van der Waals surface area contributed by atoms with Gasteiger partial charge in [-0.1, -0.05) is 68.0 Å². The third-order valence-corrected chi connectivity index (χ3v) is 7.20. The zero-order valence-corrected chi connectivity index (χ0v) is 21.0. The van der Waals surface area contributed by atoms with Gasteiger partial charge in [0.25, 0.3) is 0 Å². The van der Waals surface area contributed by atoms with Crippen molar-refractivity contribution in [2.75, 3.05) is 20.3 Å². The van der Waals surface area contributed by atoms with Gasteiger partial charge in [-0.2, -0.15) is 0 Å². The second kappa shape index (κ2) is 12.8. The number of hydrogen-bond donors (Lipinski definition) is 0. The largest absolute Gasteiger partial charge is 0.497 e. The van der Waals surface area contributed by atoms with Crippen LogP contribution in [-0.4, -0.2) is 32.3 Å². The molecule has 0 amide bonds. The predicted molar refractivity (Wildman–Crippen MR) is 134 cm³/mol. The highest BCUT2D eigenvalue weighted by atomic mass is 16.6. The van der Waals surface area contributed by atoms with Crippen molar-refractivity contribution in [1.82, 2.24) is 0 Å². The lowest BCUT2D eigenvalue weighted by Crippen LogP contribution is -2.46. The molecule has 34 heavy (non-hydrogen) atoms. The van der Waals surface area contributed by atoms with Gasteiger partial charge in [-0.25, -0.2) is 0 Å². The summed E-state index contributed by atoms with van der Waals surface area (Å²) >= 11 is 0. The van der Waals surface area contributed by atoms with Crippen molar-refractivity contribution in [3.63, 3.8) is 0 Å². The molecular formula is C29H40O5. The zero-order chi connectivity index (χ0) is 24.4. The van der Waals surface area contributed by atoms with E-state index < -0.39 is 17.4 Å². The first kappa shape index (κ1) is 26.1. The van der Waals surface area contributed by atoms with E-state index in [2.05, 4.69) is 18.2 Å². The molecule has 2 aliphatic rings. The molecule has 0 aromatic heterocycles. The van der Waals surface area contributed by atoms with Crippen LogP contribution in [0, 0.1) is 17.3 Å². The van der Waals surface area contributed by atoms with Gasteiger partial charge < -0.3 is 14.2 Å². The Kier molecular flexibility index (Phi) is 9.79. The molecule has 0 aliphatic heterocycles. The average molecular weight is 469 g/mol. The molecular weight excluding hydrogens is 428 g/mol. The molecule has 0 heterocycles. The predicted octanol–water partition coefficient (Wildman–Crippen LogP) is 6.52. The molecule has 2 aliphatic carbocycles. The van der Waals surface area contributed by atoms with Gasteiger partial charge in [-0.3, -0.25) is 9.59 Å². The fourth-order valence-electron chi connectivity index (χ4n) is 5.51. The third-order valence-electron chi connectivity index (χ3n) is 7.20. The molecule has 0 bridgehead atoms. The number of allylic oxidation sites excluding steroid dienone is 3. The van der Waals surface area contributed by atoms with Gasteiger partial charge in [0, 0.05) is 5.92 Å². The lowest BCUT2D eigenvalue weighted by atomic mass is 9.72. The number of benzene rings is 1. The summed E-state index contributed by atoms with van der Waals surface area (Å²) in [5.74, 6) is -0.269. The first-order valence-electron chi connectivity index (χ1n) is 12.9. The normalized spacial score (nSPS) is 24.9. The monoisotopic (exact) mass is 468 g/mol. The van der Waals surface area contributed by atoms with Crippen LogP contribution in [0.3, 0.4) is 0 Å². The second-order valence-electron chi connectivity index (χ2n) is 9.34. The maximum absolute atomic E-state index is 13.5. The van der Waals surface area contributed by atoms with Gasteiger partial charge in [0.2, 0.25) is 0 Å². The molecule has 0 spiro atoms. The van der Waals surface area contributed by atoms with E-state index in [0.29, 0.717) is 6.42 Å². The molecule has 1 fully saturated rings. The van der Waals surface area contributed by atoms with E-state index in [9.17, 15) is 9.59 Å². The van der Waals surface area contributed by atoms with Crippen LogP contribution in [0.4, 0.5) is 0 Å². The summed E-state index contributed by atoms with van der Waals surface area (Å²) in [4.78, 5) is 27.0. The topological polar surface area (TPSA) is 61.8 Å². The number of carbonyl (C=O) groups is 2. The lowest BCUT2D eigenvalue weighted by Gasteiger charge is -2.32. The highest BCUT2D eigenvalue weighted by Crippen LogP contribution is 2.55. The second-order valence-corrected chi connectivity index (χ2v) is 9.34. The summed E-state index contributed by atoms with van der Waals surface area (Å²) in [5, 5.41) is 0. The standard InChI is InChI=1S/C29H40O5/c1-4-33-27(30)29(28(31)34-5-2)21-23(20-22-16-18-24(32-3)19-17-22)25-14-12-10-8-6-7-9-11-13-15-26(25)29/h12,14,16-20,25-26H,4-11,13,15,21H2,1-3H3/b14-12+,23-20-/t25-,26+/m1/s1. The molecule has 0 unspecified atom stereocenters. The number of rotatable bonds is 6.